The highest BCUT2D eigenvalue weighted by Crippen LogP contribution is 2.40. The van der Waals surface area contributed by atoms with Crippen LogP contribution in [0.1, 0.15) is 16.7 Å². The van der Waals surface area contributed by atoms with Crippen LogP contribution < -0.4 is 0 Å². The Bertz CT molecular complexity index is 2910. The van der Waals surface area contributed by atoms with Crippen molar-refractivity contribution in [2.24, 2.45) is 0 Å². The van der Waals surface area contributed by atoms with Crippen LogP contribution in [-0.2, 0) is 0 Å². The molecule has 2 heterocycles. The predicted molar refractivity (Wildman–Crippen MR) is 203 cm³/mol. The van der Waals surface area contributed by atoms with Crippen molar-refractivity contribution in [1.29, 1.82) is 15.9 Å². The van der Waals surface area contributed by atoms with E-state index < -0.39 is 0 Å². The summed E-state index contributed by atoms with van der Waals surface area (Å²) >= 11 is 0. The maximum atomic E-state index is 9.77. The lowest BCUT2D eigenvalue weighted by Crippen LogP contribution is -2.00. The van der Waals surface area contributed by atoms with Crippen molar-refractivity contribution in [2.45, 2.75) is 0 Å². The van der Waals surface area contributed by atoms with E-state index in [-0.39, 0.29) is 0 Å². The Labute approximate surface area is 288 Å². The summed E-state index contributed by atoms with van der Waals surface area (Å²) in [6, 6.07) is 56.2. The standard InChI is InChI=1S/C45H27N5/c46-26-29-14-18-43-39(22-29)37-10-4-6-12-41(37)49(43)35-21-31(28-48)20-34(24-35)36-17-16-33(32-8-2-1-3-9-32)25-45(36)50-42-13-7-5-11-38(42)40-23-30(27-47)15-19-44(40)50/h1-25,28,48H. The van der Waals surface area contributed by atoms with Gasteiger partial charge in [0.1, 0.15) is 0 Å². The number of nitriles is 2. The molecule has 2 aromatic heterocycles. The average Bonchev–Trinajstić information content (AvgIpc) is 3.69. The fraction of sp³-hybridized carbons (Fsp3) is 0. The summed E-state index contributed by atoms with van der Waals surface area (Å²) in [6.45, 7) is 0. The van der Waals surface area contributed by atoms with Gasteiger partial charge in [-0.1, -0.05) is 78.9 Å². The second-order valence-corrected chi connectivity index (χ2v) is 12.4. The lowest BCUT2D eigenvalue weighted by molar-refractivity contribution is 1.17. The van der Waals surface area contributed by atoms with Crippen LogP contribution in [0, 0.1) is 28.1 Å². The molecule has 0 aliphatic carbocycles. The van der Waals surface area contributed by atoms with Crippen LogP contribution in [0.5, 0.6) is 0 Å². The maximum absolute atomic E-state index is 9.77. The normalized spacial score (nSPS) is 11.2. The van der Waals surface area contributed by atoms with Crippen LogP contribution in [0.4, 0.5) is 0 Å². The molecule has 5 heteroatoms. The Kier molecular flexibility index (Phi) is 6.66. The highest BCUT2D eigenvalue weighted by molar-refractivity contribution is 6.11. The first-order valence-corrected chi connectivity index (χ1v) is 16.4. The summed E-state index contributed by atoms with van der Waals surface area (Å²) in [7, 11) is 0. The van der Waals surface area contributed by atoms with E-state index in [1.807, 2.05) is 66.7 Å². The molecular weight excluding hydrogens is 611 g/mol. The van der Waals surface area contributed by atoms with Gasteiger partial charge in [-0.3, -0.25) is 0 Å². The van der Waals surface area contributed by atoms with Gasteiger partial charge in [-0.05, 0) is 95.1 Å². The smallest absolute Gasteiger partial charge is 0.0991 e. The van der Waals surface area contributed by atoms with Crippen LogP contribution in [0.3, 0.4) is 0 Å². The van der Waals surface area contributed by atoms with Crippen LogP contribution >= 0.6 is 0 Å². The van der Waals surface area contributed by atoms with E-state index >= 15 is 0 Å². The van der Waals surface area contributed by atoms with E-state index in [1.165, 1.54) is 6.21 Å². The summed E-state index contributed by atoms with van der Waals surface area (Å²) in [6.07, 6.45) is 1.40. The molecule has 0 amide bonds. The van der Waals surface area contributed by atoms with Crippen molar-refractivity contribution >= 4 is 49.8 Å². The highest BCUT2D eigenvalue weighted by atomic mass is 15.0. The lowest BCUT2D eigenvalue weighted by Gasteiger charge is -2.18. The number of fused-ring (bicyclic) bond motifs is 6. The number of aromatic nitrogens is 2. The minimum Gasteiger partial charge on any atom is -0.309 e. The van der Waals surface area contributed by atoms with Crippen molar-refractivity contribution < 1.29 is 0 Å². The number of nitrogens with zero attached hydrogens (tertiary/aromatic N) is 4. The third kappa shape index (κ3) is 4.50. The second kappa shape index (κ2) is 11.5. The van der Waals surface area contributed by atoms with E-state index in [0.29, 0.717) is 11.1 Å². The molecule has 0 saturated carbocycles. The lowest BCUT2D eigenvalue weighted by atomic mass is 9.96. The average molecular weight is 638 g/mol. The van der Waals surface area contributed by atoms with Gasteiger partial charge in [-0.15, -0.1) is 0 Å². The van der Waals surface area contributed by atoms with E-state index in [0.717, 1.165) is 82.8 Å². The van der Waals surface area contributed by atoms with Crippen molar-refractivity contribution in [3.8, 4) is 45.8 Å². The molecule has 0 unspecified atom stereocenters. The van der Waals surface area contributed by atoms with Crippen LogP contribution in [0.25, 0.3) is 77.2 Å². The SMILES string of the molecule is N#Cc1ccc2c(c1)c1ccccc1n2-c1cc(C=N)cc(-c2ccc(-c3ccccc3)cc2-n2c3ccccc3c3cc(C#N)ccc32)c1. The fourth-order valence-electron chi connectivity index (χ4n) is 7.40. The minimum atomic E-state index is 0.616. The van der Waals surface area contributed by atoms with Gasteiger partial charge >= 0.3 is 0 Å². The first-order chi connectivity index (χ1) is 24.6. The zero-order valence-corrected chi connectivity index (χ0v) is 26.8. The molecular formula is C45H27N5. The quantitative estimate of drug-likeness (QED) is 0.191. The Balaban J connectivity index is 1.36. The van der Waals surface area contributed by atoms with E-state index in [1.54, 1.807) is 0 Å². The molecule has 7 aromatic carbocycles. The molecule has 0 spiro atoms. The zero-order valence-electron chi connectivity index (χ0n) is 26.8. The van der Waals surface area contributed by atoms with E-state index in [9.17, 15) is 10.5 Å². The third-order valence-electron chi connectivity index (χ3n) is 9.63. The molecule has 0 aliphatic rings. The number of rotatable bonds is 5. The molecule has 0 radical (unpaired) electrons. The van der Waals surface area contributed by atoms with Crippen molar-refractivity contribution in [1.82, 2.24) is 9.13 Å². The molecule has 50 heavy (non-hydrogen) atoms. The van der Waals surface area contributed by atoms with Gasteiger partial charge in [0, 0.05) is 39.0 Å². The van der Waals surface area contributed by atoms with Crippen molar-refractivity contribution in [2.75, 3.05) is 0 Å². The van der Waals surface area contributed by atoms with Gasteiger partial charge in [0.2, 0.25) is 0 Å². The fourth-order valence-corrected chi connectivity index (χ4v) is 7.40. The van der Waals surface area contributed by atoms with Gasteiger partial charge in [-0.2, -0.15) is 10.5 Å². The molecule has 0 atom stereocenters. The number of para-hydroxylation sites is 2. The maximum Gasteiger partial charge on any atom is 0.0991 e. The van der Waals surface area contributed by atoms with E-state index in [4.69, 9.17) is 5.41 Å². The minimum absolute atomic E-state index is 0.616. The monoisotopic (exact) mass is 637 g/mol. The van der Waals surface area contributed by atoms with Gasteiger partial charge in [0.15, 0.2) is 0 Å². The van der Waals surface area contributed by atoms with Gasteiger partial charge < -0.3 is 14.5 Å². The van der Waals surface area contributed by atoms with Gasteiger partial charge in [0.05, 0.1) is 51.0 Å². The van der Waals surface area contributed by atoms with Crippen molar-refractivity contribution in [3.63, 3.8) is 0 Å². The zero-order chi connectivity index (χ0) is 33.8. The number of hydrogen-bond donors (Lipinski definition) is 1. The van der Waals surface area contributed by atoms with Crippen LogP contribution in [-0.4, -0.2) is 15.3 Å². The van der Waals surface area contributed by atoms with Crippen LogP contribution in [0.15, 0.2) is 152 Å². The van der Waals surface area contributed by atoms with Gasteiger partial charge in [-0.25, -0.2) is 0 Å². The molecule has 0 aliphatic heterocycles. The molecule has 0 bridgehead atoms. The first kappa shape index (κ1) is 29.0. The summed E-state index contributed by atoms with van der Waals surface area (Å²) < 4.78 is 4.53. The Hall–Kier alpha value is -7.21. The Morgan fingerprint density at radius 3 is 1.68 bits per heavy atom. The number of hydrogen-bond acceptors (Lipinski definition) is 3. The molecule has 232 valence electrons. The summed E-state index contributed by atoms with van der Waals surface area (Å²) in [4.78, 5) is 0. The Morgan fingerprint density at radius 1 is 0.460 bits per heavy atom. The first-order valence-electron chi connectivity index (χ1n) is 16.4. The van der Waals surface area contributed by atoms with Crippen molar-refractivity contribution in [3.05, 3.63) is 168 Å². The van der Waals surface area contributed by atoms with Crippen LogP contribution in [0.2, 0.25) is 0 Å². The summed E-state index contributed by atoms with van der Waals surface area (Å²) in [5.41, 5.74) is 12.2. The molecule has 9 rings (SSSR count). The molecule has 1 N–H and O–H groups in total. The summed E-state index contributed by atoms with van der Waals surface area (Å²) in [5, 5.41) is 32.0. The highest BCUT2D eigenvalue weighted by Gasteiger charge is 2.19. The second-order valence-electron chi connectivity index (χ2n) is 12.4. The largest absolute Gasteiger partial charge is 0.309 e. The number of nitrogens with one attached hydrogen (secondary N) is 1. The summed E-state index contributed by atoms with van der Waals surface area (Å²) in [5.74, 6) is 0. The molecule has 5 nitrogen and oxygen atoms in total. The Morgan fingerprint density at radius 2 is 1.04 bits per heavy atom. The molecule has 9 aromatic rings. The topological polar surface area (TPSA) is 81.3 Å². The molecule has 0 saturated heterocycles. The van der Waals surface area contributed by atoms with E-state index in [2.05, 4.69) is 106 Å². The molecule has 0 fully saturated rings. The number of benzene rings is 7. The third-order valence-corrected chi connectivity index (χ3v) is 9.63. The van der Waals surface area contributed by atoms with Gasteiger partial charge in [0.25, 0.3) is 0 Å². The predicted octanol–water partition coefficient (Wildman–Crippen LogP) is 11.0.